The highest BCUT2D eigenvalue weighted by Crippen LogP contribution is 2.39. The smallest absolute Gasteiger partial charge is 0.264 e. The van der Waals surface area contributed by atoms with Gasteiger partial charge in [-0.05, 0) is 43.9 Å². The Kier molecular flexibility index (Phi) is 7.77. The van der Waals surface area contributed by atoms with Crippen molar-refractivity contribution in [2.24, 2.45) is 5.41 Å². The fraction of sp³-hybridized carbons (Fsp3) is 0.500. The summed E-state index contributed by atoms with van der Waals surface area (Å²) < 4.78 is 33.5. The standard InChI is InChI=1S/C24H33N3O4S/c1-4-24(14-8-5-9-15-24)23(28)25-16-17-27(20-12-13-22(31-3)26-18-20)32(29,30)21-11-7-6-10-19(21)2/h6-7,10-13,18H,4-5,8-9,14-17H2,1-3H3,(H,25,28). The summed E-state index contributed by atoms with van der Waals surface area (Å²) in [5.41, 5.74) is 0.751. The first-order valence-electron chi connectivity index (χ1n) is 11.2. The van der Waals surface area contributed by atoms with Gasteiger partial charge in [0.25, 0.3) is 10.0 Å². The summed E-state index contributed by atoms with van der Waals surface area (Å²) in [6, 6.07) is 10.2. The number of sulfonamides is 1. The van der Waals surface area contributed by atoms with Gasteiger partial charge in [0.15, 0.2) is 0 Å². The number of benzene rings is 1. The summed E-state index contributed by atoms with van der Waals surface area (Å²) >= 11 is 0. The van der Waals surface area contributed by atoms with Crippen LogP contribution in [0.5, 0.6) is 5.88 Å². The molecule has 174 valence electrons. The van der Waals surface area contributed by atoms with E-state index in [4.69, 9.17) is 4.74 Å². The highest BCUT2D eigenvalue weighted by molar-refractivity contribution is 7.92. The second-order valence-corrected chi connectivity index (χ2v) is 10.2. The normalized spacial score (nSPS) is 15.7. The minimum absolute atomic E-state index is 0.0285. The topological polar surface area (TPSA) is 88.6 Å². The Morgan fingerprint density at radius 1 is 1.16 bits per heavy atom. The monoisotopic (exact) mass is 459 g/mol. The molecule has 1 aliphatic rings. The number of hydrogen-bond donors (Lipinski definition) is 1. The minimum atomic E-state index is -3.85. The summed E-state index contributed by atoms with van der Waals surface area (Å²) in [6.07, 6.45) is 7.35. The van der Waals surface area contributed by atoms with Crippen molar-refractivity contribution in [2.75, 3.05) is 24.5 Å². The van der Waals surface area contributed by atoms with Crippen molar-refractivity contribution in [3.8, 4) is 5.88 Å². The predicted molar refractivity (Wildman–Crippen MR) is 125 cm³/mol. The number of nitrogens with zero attached hydrogens (tertiary/aromatic N) is 2. The molecule has 0 unspecified atom stereocenters. The van der Waals surface area contributed by atoms with Crippen molar-refractivity contribution in [1.82, 2.24) is 10.3 Å². The highest BCUT2D eigenvalue weighted by Gasteiger charge is 2.37. The van der Waals surface area contributed by atoms with Crippen LogP contribution in [0.15, 0.2) is 47.5 Å². The molecule has 2 aromatic rings. The van der Waals surface area contributed by atoms with Gasteiger partial charge in [-0.25, -0.2) is 13.4 Å². The fourth-order valence-electron chi connectivity index (χ4n) is 4.42. The predicted octanol–water partition coefficient (Wildman–Crippen LogP) is 4.07. The van der Waals surface area contributed by atoms with Crippen LogP contribution in [0.1, 0.15) is 51.0 Å². The Morgan fingerprint density at radius 2 is 1.88 bits per heavy atom. The lowest BCUT2D eigenvalue weighted by molar-refractivity contribution is -0.133. The molecule has 1 aliphatic carbocycles. The van der Waals surface area contributed by atoms with Gasteiger partial charge in [0.2, 0.25) is 11.8 Å². The van der Waals surface area contributed by atoms with E-state index in [0.29, 0.717) is 17.1 Å². The van der Waals surface area contributed by atoms with Crippen LogP contribution in [-0.2, 0) is 14.8 Å². The molecule has 1 saturated carbocycles. The maximum absolute atomic E-state index is 13.6. The molecular formula is C24H33N3O4S. The SMILES string of the molecule is CCC1(C(=O)NCCN(c2ccc(OC)nc2)S(=O)(=O)c2ccccc2C)CCCCC1. The number of rotatable bonds is 9. The first-order valence-corrected chi connectivity index (χ1v) is 12.6. The Labute approximate surface area is 191 Å². The highest BCUT2D eigenvalue weighted by atomic mass is 32.2. The van der Waals surface area contributed by atoms with Crippen molar-refractivity contribution >= 4 is 21.6 Å². The molecule has 0 radical (unpaired) electrons. The van der Waals surface area contributed by atoms with Crippen molar-refractivity contribution in [1.29, 1.82) is 0 Å². The van der Waals surface area contributed by atoms with Gasteiger partial charge in [-0.2, -0.15) is 0 Å². The van der Waals surface area contributed by atoms with E-state index in [1.54, 1.807) is 37.3 Å². The number of aryl methyl sites for hydroxylation is 1. The summed E-state index contributed by atoms with van der Waals surface area (Å²) in [5.74, 6) is 0.429. The van der Waals surface area contributed by atoms with Gasteiger partial charge in [0.1, 0.15) is 0 Å². The first-order chi connectivity index (χ1) is 15.3. The van der Waals surface area contributed by atoms with E-state index in [9.17, 15) is 13.2 Å². The molecule has 0 bridgehead atoms. The van der Waals surface area contributed by atoms with Gasteiger partial charge in [0, 0.05) is 18.0 Å². The molecule has 1 fully saturated rings. The molecule has 1 aromatic heterocycles. The third-order valence-electron chi connectivity index (χ3n) is 6.45. The average Bonchev–Trinajstić information content (AvgIpc) is 2.82. The summed E-state index contributed by atoms with van der Waals surface area (Å²) in [6.45, 7) is 4.16. The summed E-state index contributed by atoms with van der Waals surface area (Å²) in [7, 11) is -2.34. The Bertz CT molecular complexity index is 1020. The molecule has 8 heteroatoms. The van der Waals surface area contributed by atoms with Gasteiger partial charge in [-0.15, -0.1) is 0 Å². The molecule has 0 aliphatic heterocycles. The third kappa shape index (κ3) is 5.06. The van der Waals surface area contributed by atoms with Crippen LogP contribution in [0.4, 0.5) is 5.69 Å². The lowest BCUT2D eigenvalue weighted by Gasteiger charge is -2.35. The maximum atomic E-state index is 13.6. The number of carbonyl (C=O) groups is 1. The van der Waals surface area contributed by atoms with E-state index < -0.39 is 10.0 Å². The number of methoxy groups -OCH3 is 1. The quantitative estimate of drug-likeness (QED) is 0.611. The molecule has 1 heterocycles. The van der Waals surface area contributed by atoms with Gasteiger partial charge in [-0.3, -0.25) is 9.10 Å². The van der Waals surface area contributed by atoms with Gasteiger partial charge >= 0.3 is 0 Å². The molecule has 0 saturated heterocycles. The Hall–Kier alpha value is -2.61. The zero-order chi connectivity index (χ0) is 23.2. The molecule has 1 aromatic carbocycles. The fourth-order valence-corrected chi connectivity index (χ4v) is 6.10. The number of pyridine rings is 1. The van der Waals surface area contributed by atoms with E-state index >= 15 is 0 Å². The summed E-state index contributed by atoms with van der Waals surface area (Å²) in [4.78, 5) is 17.4. The number of aromatic nitrogens is 1. The number of nitrogens with one attached hydrogen (secondary N) is 1. The van der Waals surface area contributed by atoms with Crippen LogP contribution < -0.4 is 14.4 Å². The lowest BCUT2D eigenvalue weighted by atomic mass is 9.71. The molecule has 0 spiro atoms. The minimum Gasteiger partial charge on any atom is -0.481 e. The largest absolute Gasteiger partial charge is 0.481 e. The average molecular weight is 460 g/mol. The number of anilines is 1. The van der Waals surface area contributed by atoms with Crippen molar-refractivity contribution in [3.05, 3.63) is 48.2 Å². The lowest BCUT2D eigenvalue weighted by Crippen LogP contribution is -2.45. The van der Waals surface area contributed by atoms with Crippen molar-refractivity contribution in [3.63, 3.8) is 0 Å². The van der Waals surface area contributed by atoms with Crippen molar-refractivity contribution in [2.45, 2.75) is 57.3 Å². The van der Waals surface area contributed by atoms with Gasteiger partial charge < -0.3 is 10.1 Å². The van der Waals surface area contributed by atoms with Gasteiger partial charge in [-0.1, -0.05) is 44.4 Å². The molecule has 3 rings (SSSR count). The van der Waals surface area contributed by atoms with Crippen LogP contribution in [0, 0.1) is 12.3 Å². The van der Waals surface area contributed by atoms with Crippen LogP contribution >= 0.6 is 0 Å². The number of ether oxygens (including phenoxy) is 1. The van der Waals surface area contributed by atoms with Gasteiger partial charge in [0.05, 0.1) is 30.4 Å². The molecular weight excluding hydrogens is 426 g/mol. The van der Waals surface area contributed by atoms with E-state index in [1.165, 1.54) is 24.0 Å². The Balaban J connectivity index is 1.83. The first kappa shape index (κ1) is 24.0. The zero-order valence-corrected chi connectivity index (χ0v) is 20.0. The second-order valence-electron chi connectivity index (χ2n) is 8.35. The second kappa shape index (κ2) is 10.3. The van der Waals surface area contributed by atoms with E-state index in [-0.39, 0.29) is 29.3 Å². The van der Waals surface area contributed by atoms with E-state index in [0.717, 1.165) is 32.1 Å². The van der Waals surface area contributed by atoms with Crippen LogP contribution in [0.25, 0.3) is 0 Å². The number of amides is 1. The summed E-state index contributed by atoms with van der Waals surface area (Å²) in [5, 5.41) is 3.01. The molecule has 1 amide bonds. The van der Waals surface area contributed by atoms with E-state index in [1.807, 2.05) is 6.07 Å². The van der Waals surface area contributed by atoms with Crippen LogP contribution in [0.2, 0.25) is 0 Å². The number of carbonyl (C=O) groups excluding carboxylic acids is 1. The molecule has 1 N–H and O–H groups in total. The van der Waals surface area contributed by atoms with Crippen molar-refractivity contribution < 1.29 is 17.9 Å². The van der Waals surface area contributed by atoms with E-state index in [2.05, 4.69) is 17.2 Å². The third-order valence-corrected chi connectivity index (χ3v) is 8.44. The Morgan fingerprint density at radius 3 is 2.47 bits per heavy atom. The molecule has 0 atom stereocenters. The van der Waals surface area contributed by atoms with Crippen LogP contribution in [0.3, 0.4) is 0 Å². The molecule has 32 heavy (non-hydrogen) atoms. The zero-order valence-electron chi connectivity index (χ0n) is 19.1. The maximum Gasteiger partial charge on any atom is 0.264 e. The number of hydrogen-bond acceptors (Lipinski definition) is 5. The molecule has 7 nitrogen and oxygen atoms in total. The van der Waals surface area contributed by atoms with Crippen LogP contribution in [-0.4, -0.2) is 39.5 Å².